The van der Waals surface area contributed by atoms with Gasteiger partial charge in [0.2, 0.25) is 11.8 Å². The van der Waals surface area contributed by atoms with Crippen LogP contribution in [0.15, 0.2) is 18.2 Å². The summed E-state index contributed by atoms with van der Waals surface area (Å²) in [4.78, 5) is 31.7. The Hall–Kier alpha value is -2.12. The van der Waals surface area contributed by atoms with Gasteiger partial charge in [0.25, 0.3) is 0 Å². The molecule has 39 heavy (non-hydrogen) atoms. The molecule has 5 rings (SSSR count). The summed E-state index contributed by atoms with van der Waals surface area (Å²) in [5, 5.41) is 6.05. The number of nitrogens with zero attached hydrogens (tertiary/aromatic N) is 3. The summed E-state index contributed by atoms with van der Waals surface area (Å²) in [7, 11) is 0. The molecule has 7 heteroatoms. The molecule has 2 amide bonds. The molecule has 4 heterocycles. The monoisotopic (exact) mass is 543 g/mol. The number of nitrogens with one attached hydrogen (secondary N) is 2. The molecule has 4 aliphatic heterocycles. The molecular formula is C32H57N5O2. The van der Waals surface area contributed by atoms with Gasteiger partial charge >= 0.3 is 0 Å². The van der Waals surface area contributed by atoms with Crippen LogP contribution in [0.1, 0.15) is 93.1 Å². The van der Waals surface area contributed by atoms with Gasteiger partial charge in [-0.2, -0.15) is 0 Å². The second-order valence-electron chi connectivity index (χ2n) is 10.7. The van der Waals surface area contributed by atoms with Gasteiger partial charge < -0.3 is 15.1 Å². The average molecular weight is 544 g/mol. The third-order valence-electron chi connectivity index (χ3n) is 8.62. The highest BCUT2D eigenvalue weighted by molar-refractivity contribution is 6.02. The van der Waals surface area contributed by atoms with Gasteiger partial charge in [0.15, 0.2) is 0 Å². The van der Waals surface area contributed by atoms with Gasteiger partial charge in [-0.3, -0.25) is 19.8 Å². The van der Waals surface area contributed by atoms with Gasteiger partial charge in [0.1, 0.15) is 6.04 Å². The molecule has 3 saturated heterocycles. The van der Waals surface area contributed by atoms with Crippen LogP contribution < -0.4 is 20.4 Å². The average Bonchev–Trinajstić information content (AvgIpc) is 3.00. The minimum Gasteiger partial charge on any atom is -0.369 e. The normalized spacial score (nSPS) is 22.2. The number of fused-ring (bicyclic) bond motifs is 1. The van der Waals surface area contributed by atoms with E-state index in [9.17, 15) is 9.59 Å². The topological polar surface area (TPSA) is 67.9 Å². The van der Waals surface area contributed by atoms with Crippen molar-refractivity contribution in [2.45, 2.75) is 105 Å². The van der Waals surface area contributed by atoms with Crippen LogP contribution in [0.4, 0.5) is 11.4 Å². The molecule has 7 nitrogen and oxygen atoms in total. The Labute approximate surface area is 239 Å². The third kappa shape index (κ3) is 7.75. The van der Waals surface area contributed by atoms with Gasteiger partial charge in [-0.15, -0.1) is 0 Å². The fourth-order valence-corrected chi connectivity index (χ4v) is 6.54. The zero-order valence-corrected chi connectivity index (χ0v) is 26.2. The lowest BCUT2D eigenvalue weighted by atomic mass is 9.79. The summed E-state index contributed by atoms with van der Waals surface area (Å²) in [6, 6.07) is 6.34. The van der Waals surface area contributed by atoms with Gasteiger partial charge in [-0.05, 0) is 82.7 Å². The number of hydrogen-bond donors (Lipinski definition) is 2. The lowest BCUT2D eigenvalue weighted by Gasteiger charge is -2.50. The van der Waals surface area contributed by atoms with E-state index < -0.39 is 0 Å². The Morgan fingerprint density at radius 3 is 2.03 bits per heavy atom. The number of amides is 2. The standard InChI is InChI=1S/C26H39N5O2.3C2H6/c1-26(2,19-10-12-27-13-11-19)30-17-15-29(16-18-30)21-6-3-7-22-20(21)5-4-14-31(22)23-8-9-24(32)28-25(23)33;3*1-2/h3,6-7,19,23,27H,4-5,8-18H2,1-2H3,(H,28,32,33);3*1-2H3. The number of carbonyl (C=O) groups is 2. The van der Waals surface area contributed by atoms with Crippen molar-refractivity contribution in [2.24, 2.45) is 5.92 Å². The molecule has 0 aliphatic carbocycles. The van der Waals surface area contributed by atoms with E-state index in [0.717, 1.165) is 64.6 Å². The van der Waals surface area contributed by atoms with Crippen LogP contribution in [-0.4, -0.2) is 74.1 Å². The Kier molecular flexibility index (Phi) is 13.8. The maximum Gasteiger partial charge on any atom is 0.249 e. The van der Waals surface area contributed by atoms with Crippen LogP contribution in [0.25, 0.3) is 0 Å². The van der Waals surface area contributed by atoms with E-state index in [1.165, 1.54) is 29.8 Å². The SMILES string of the molecule is CC.CC.CC.CC(C)(C1CCNCC1)N1CCN(c2cccc3c2CCCN3C2CCC(=O)NC2=O)CC1. The van der Waals surface area contributed by atoms with Crippen molar-refractivity contribution in [3.05, 3.63) is 23.8 Å². The molecule has 1 aromatic carbocycles. The summed E-state index contributed by atoms with van der Waals surface area (Å²) in [5.74, 6) is 0.475. The maximum absolute atomic E-state index is 12.6. The third-order valence-corrected chi connectivity index (χ3v) is 8.62. The van der Waals surface area contributed by atoms with Crippen molar-refractivity contribution < 1.29 is 9.59 Å². The van der Waals surface area contributed by atoms with Crippen molar-refractivity contribution in [1.82, 2.24) is 15.5 Å². The minimum absolute atomic E-state index is 0.140. The molecule has 0 radical (unpaired) electrons. The number of piperazine rings is 1. The lowest BCUT2D eigenvalue weighted by molar-refractivity contribution is -0.134. The highest BCUT2D eigenvalue weighted by Gasteiger charge is 2.38. The minimum atomic E-state index is -0.236. The molecule has 3 fully saturated rings. The molecule has 1 atom stereocenters. The van der Waals surface area contributed by atoms with Crippen molar-refractivity contribution in [1.29, 1.82) is 0 Å². The number of benzene rings is 1. The summed E-state index contributed by atoms with van der Waals surface area (Å²) in [6.07, 6.45) is 5.68. The predicted octanol–water partition coefficient (Wildman–Crippen LogP) is 5.22. The Bertz CT molecular complexity index is 889. The van der Waals surface area contributed by atoms with Gasteiger partial charge in [0.05, 0.1) is 0 Å². The number of hydrogen-bond acceptors (Lipinski definition) is 6. The molecule has 4 aliphatic rings. The van der Waals surface area contributed by atoms with E-state index >= 15 is 0 Å². The summed E-state index contributed by atoms with van der Waals surface area (Å²) < 4.78 is 0. The van der Waals surface area contributed by atoms with E-state index in [0.29, 0.717) is 12.8 Å². The summed E-state index contributed by atoms with van der Waals surface area (Å²) in [5.41, 5.74) is 4.14. The van der Waals surface area contributed by atoms with Crippen LogP contribution in [0.3, 0.4) is 0 Å². The molecule has 0 aromatic heterocycles. The second kappa shape index (κ2) is 16.2. The molecule has 0 spiro atoms. The number of anilines is 2. The first-order chi connectivity index (χ1) is 18.9. The van der Waals surface area contributed by atoms with Crippen LogP contribution >= 0.6 is 0 Å². The van der Waals surface area contributed by atoms with Crippen LogP contribution in [-0.2, 0) is 16.0 Å². The number of rotatable bonds is 4. The smallest absolute Gasteiger partial charge is 0.249 e. The first kappa shape index (κ1) is 33.1. The van der Waals surface area contributed by atoms with Crippen molar-refractivity contribution in [3.63, 3.8) is 0 Å². The van der Waals surface area contributed by atoms with E-state index in [4.69, 9.17) is 0 Å². The lowest BCUT2D eigenvalue weighted by Crippen LogP contribution is -2.59. The highest BCUT2D eigenvalue weighted by atomic mass is 16.2. The molecule has 1 aromatic rings. The van der Waals surface area contributed by atoms with Crippen LogP contribution in [0, 0.1) is 5.92 Å². The molecule has 0 bridgehead atoms. The number of carbonyl (C=O) groups excluding carboxylic acids is 2. The highest BCUT2D eigenvalue weighted by Crippen LogP contribution is 2.38. The van der Waals surface area contributed by atoms with E-state index in [-0.39, 0.29) is 23.4 Å². The maximum atomic E-state index is 12.6. The predicted molar refractivity (Wildman–Crippen MR) is 166 cm³/mol. The van der Waals surface area contributed by atoms with Crippen LogP contribution in [0.5, 0.6) is 0 Å². The summed E-state index contributed by atoms with van der Waals surface area (Å²) in [6.45, 7) is 24.3. The number of piperidine rings is 2. The Balaban J connectivity index is 0.000000833. The zero-order valence-electron chi connectivity index (χ0n) is 26.2. The van der Waals surface area contributed by atoms with Gasteiger partial charge in [0, 0.05) is 56.1 Å². The number of imide groups is 1. The molecule has 1 unspecified atom stereocenters. The van der Waals surface area contributed by atoms with Gasteiger partial charge in [-0.1, -0.05) is 47.6 Å². The first-order valence-corrected chi connectivity index (χ1v) is 15.9. The fourth-order valence-electron chi connectivity index (χ4n) is 6.54. The Morgan fingerprint density at radius 2 is 1.41 bits per heavy atom. The largest absolute Gasteiger partial charge is 0.369 e. The molecular weight excluding hydrogens is 486 g/mol. The molecule has 2 N–H and O–H groups in total. The van der Waals surface area contributed by atoms with Crippen molar-refractivity contribution >= 4 is 23.2 Å². The molecule has 0 saturated carbocycles. The first-order valence-electron chi connectivity index (χ1n) is 15.9. The van der Waals surface area contributed by atoms with E-state index in [2.05, 4.69) is 57.4 Å². The quantitative estimate of drug-likeness (QED) is 0.508. The van der Waals surface area contributed by atoms with Crippen LogP contribution in [0.2, 0.25) is 0 Å². The molecule has 222 valence electrons. The fraction of sp³-hybridized carbons (Fsp3) is 0.750. The zero-order chi connectivity index (χ0) is 29.0. The van der Waals surface area contributed by atoms with Gasteiger partial charge in [-0.25, -0.2) is 0 Å². The van der Waals surface area contributed by atoms with E-state index in [1.54, 1.807) is 0 Å². The Morgan fingerprint density at radius 1 is 0.795 bits per heavy atom. The second-order valence-corrected chi connectivity index (χ2v) is 10.7. The summed E-state index contributed by atoms with van der Waals surface area (Å²) >= 11 is 0. The van der Waals surface area contributed by atoms with Crippen molar-refractivity contribution in [3.8, 4) is 0 Å². The van der Waals surface area contributed by atoms with E-state index in [1.807, 2.05) is 41.5 Å². The van der Waals surface area contributed by atoms with Crippen molar-refractivity contribution in [2.75, 3.05) is 55.6 Å².